The maximum atomic E-state index is 13.0. The van der Waals surface area contributed by atoms with E-state index >= 15 is 0 Å². The van der Waals surface area contributed by atoms with Gasteiger partial charge in [-0.3, -0.25) is 14.7 Å². The smallest absolute Gasteiger partial charge is 0.270 e. The topological polar surface area (TPSA) is 41.4 Å². The fraction of sp³-hybridized carbons (Fsp3) is 0.273. The van der Waals surface area contributed by atoms with Gasteiger partial charge in [-0.15, -0.1) is 0 Å². The minimum atomic E-state index is 0.125. The van der Waals surface area contributed by atoms with Crippen LogP contribution in [0.15, 0.2) is 73.2 Å². The van der Waals surface area contributed by atoms with Crippen LogP contribution in [0.5, 0.6) is 0 Å². The minimum Gasteiger partial charge on any atom is -0.339 e. The average molecular weight is 360 g/mol. The van der Waals surface area contributed by atoms with E-state index in [9.17, 15) is 4.79 Å². The first-order valence-corrected chi connectivity index (χ1v) is 9.39. The highest BCUT2D eigenvalue weighted by Gasteiger charge is 2.24. The molecule has 5 nitrogen and oxygen atoms in total. The summed E-state index contributed by atoms with van der Waals surface area (Å²) in [6, 6.07) is 18.2. The van der Waals surface area contributed by atoms with E-state index in [0.717, 1.165) is 45.0 Å². The molecule has 1 aliphatic heterocycles. The largest absolute Gasteiger partial charge is 0.339 e. The number of carbonyl (C=O) groups is 1. The lowest BCUT2D eigenvalue weighted by Crippen LogP contribution is -2.48. The van der Waals surface area contributed by atoms with Gasteiger partial charge in [0.1, 0.15) is 5.69 Å². The average Bonchev–Trinajstić information content (AvgIpc) is 3.18. The third kappa shape index (κ3) is 4.26. The lowest BCUT2D eigenvalue weighted by Gasteiger charge is -2.34. The van der Waals surface area contributed by atoms with Gasteiger partial charge in [0.25, 0.3) is 5.91 Å². The Bertz CT molecular complexity index is 868. The van der Waals surface area contributed by atoms with Crippen LogP contribution in [0.4, 0.5) is 0 Å². The van der Waals surface area contributed by atoms with Gasteiger partial charge in [0.05, 0.1) is 0 Å². The number of piperazine rings is 1. The van der Waals surface area contributed by atoms with Crippen molar-refractivity contribution in [2.24, 2.45) is 0 Å². The first kappa shape index (κ1) is 17.5. The van der Waals surface area contributed by atoms with Crippen molar-refractivity contribution in [2.45, 2.75) is 13.1 Å². The maximum Gasteiger partial charge on any atom is 0.270 e. The summed E-state index contributed by atoms with van der Waals surface area (Å²) in [4.78, 5) is 21.4. The Morgan fingerprint density at radius 1 is 0.815 bits per heavy atom. The summed E-state index contributed by atoms with van der Waals surface area (Å²) in [6.45, 7) is 4.95. The molecule has 0 aliphatic carbocycles. The standard InChI is InChI=1S/C22H24N4O/c27-22(21-7-4-12-26(21)18-19-5-2-1-3-6-19)25-15-13-24(14-16-25)17-20-8-10-23-11-9-20/h1-12H,13-18H2. The zero-order valence-corrected chi connectivity index (χ0v) is 15.4. The minimum absolute atomic E-state index is 0.125. The van der Waals surface area contributed by atoms with Crippen molar-refractivity contribution >= 4 is 5.91 Å². The predicted molar refractivity (Wildman–Crippen MR) is 105 cm³/mol. The van der Waals surface area contributed by atoms with Gasteiger partial charge in [-0.25, -0.2) is 0 Å². The zero-order chi connectivity index (χ0) is 18.5. The molecule has 0 saturated carbocycles. The highest BCUT2D eigenvalue weighted by molar-refractivity contribution is 5.92. The summed E-state index contributed by atoms with van der Waals surface area (Å²) in [6.07, 6.45) is 5.64. The number of hydrogen-bond donors (Lipinski definition) is 0. The Labute approximate surface area is 159 Å². The number of carbonyl (C=O) groups excluding carboxylic acids is 1. The Kier molecular flexibility index (Phi) is 5.30. The van der Waals surface area contributed by atoms with Gasteiger partial charge in [0, 0.05) is 57.9 Å². The van der Waals surface area contributed by atoms with Crippen molar-refractivity contribution in [3.8, 4) is 0 Å². The van der Waals surface area contributed by atoms with Crippen molar-refractivity contribution in [1.82, 2.24) is 19.4 Å². The molecule has 0 bridgehead atoms. The molecule has 1 saturated heterocycles. The van der Waals surface area contributed by atoms with E-state index in [0.29, 0.717) is 0 Å². The summed E-state index contributed by atoms with van der Waals surface area (Å²) in [5, 5.41) is 0. The van der Waals surface area contributed by atoms with Gasteiger partial charge in [-0.05, 0) is 35.4 Å². The molecule has 0 N–H and O–H groups in total. The van der Waals surface area contributed by atoms with Crippen LogP contribution in [0, 0.1) is 0 Å². The second kappa shape index (κ2) is 8.18. The first-order valence-electron chi connectivity index (χ1n) is 9.39. The molecule has 1 fully saturated rings. The summed E-state index contributed by atoms with van der Waals surface area (Å²) in [5.41, 5.74) is 3.23. The van der Waals surface area contributed by atoms with Crippen LogP contribution < -0.4 is 0 Å². The van der Waals surface area contributed by atoms with Gasteiger partial charge >= 0.3 is 0 Å². The molecule has 138 valence electrons. The summed E-state index contributed by atoms with van der Waals surface area (Å²) in [5.74, 6) is 0.125. The number of rotatable bonds is 5. The highest BCUT2D eigenvalue weighted by Crippen LogP contribution is 2.14. The maximum absolute atomic E-state index is 13.0. The molecule has 3 aromatic rings. The zero-order valence-electron chi connectivity index (χ0n) is 15.4. The van der Waals surface area contributed by atoms with E-state index in [1.54, 1.807) is 0 Å². The van der Waals surface area contributed by atoms with Gasteiger partial charge < -0.3 is 9.47 Å². The molecule has 0 radical (unpaired) electrons. The monoisotopic (exact) mass is 360 g/mol. The Hall–Kier alpha value is -2.92. The van der Waals surface area contributed by atoms with Gasteiger partial charge in [-0.1, -0.05) is 30.3 Å². The van der Waals surface area contributed by atoms with Crippen LogP contribution in [-0.2, 0) is 13.1 Å². The van der Waals surface area contributed by atoms with Crippen molar-refractivity contribution in [3.63, 3.8) is 0 Å². The molecule has 3 heterocycles. The van der Waals surface area contributed by atoms with E-state index in [-0.39, 0.29) is 5.91 Å². The molecular formula is C22H24N4O. The van der Waals surface area contributed by atoms with Crippen LogP contribution in [-0.4, -0.2) is 51.4 Å². The summed E-state index contributed by atoms with van der Waals surface area (Å²) >= 11 is 0. The van der Waals surface area contributed by atoms with Crippen molar-refractivity contribution in [3.05, 3.63) is 90.0 Å². The second-order valence-electron chi connectivity index (χ2n) is 6.93. The summed E-state index contributed by atoms with van der Waals surface area (Å²) in [7, 11) is 0. The molecule has 27 heavy (non-hydrogen) atoms. The Morgan fingerprint density at radius 2 is 1.52 bits per heavy atom. The number of aromatic nitrogens is 2. The van der Waals surface area contributed by atoms with Crippen LogP contribution in [0.25, 0.3) is 0 Å². The third-order valence-electron chi connectivity index (χ3n) is 5.06. The normalized spacial score (nSPS) is 15.0. The van der Waals surface area contributed by atoms with Crippen molar-refractivity contribution in [2.75, 3.05) is 26.2 Å². The molecule has 4 rings (SSSR count). The van der Waals surface area contributed by atoms with Crippen LogP contribution in [0.2, 0.25) is 0 Å². The number of amides is 1. The van der Waals surface area contributed by atoms with Gasteiger partial charge in [-0.2, -0.15) is 0 Å². The van der Waals surface area contributed by atoms with Gasteiger partial charge in [0.15, 0.2) is 0 Å². The SMILES string of the molecule is O=C(c1cccn1Cc1ccccc1)N1CCN(Cc2ccncc2)CC1. The number of nitrogens with zero attached hydrogens (tertiary/aromatic N) is 4. The Balaban J connectivity index is 1.37. The van der Waals surface area contributed by atoms with E-state index in [1.807, 2.05) is 70.5 Å². The molecule has 5 heteroatoms. The van der Waals surface area contributed by atoms with E-state index in [4.69, 9.17) is 0 Å². The predicted octanol–water partition coefficient (Wildman–Crippen LogP) is 2.89. The molecule has 1 aliphatic rings. The highest BCUT2D eigenvalue weighted by atomic mass is 16.2. The number of hydrogen-bond acceptors (Lipinski definition) is 3. The van der Waals surface area contributed by atoms with Crippen LogP contribution in [0.3, 0.4) is 0 Å². The lowest BCUT2D eigenvalue weighted by atomic mass is 10.2. The van der Waals surface area contributed by atoms with E-state index in [1.165, 1.54) is 11.1 Å². The molecule has 1 amide bonds. The fourth-order valence-electron chi connectivity index (χ4n) is 3.54. The third-order valence-corrected chi connectivity index (χ3v) is 5.06. The number of benzene rings is 1. The molecule has 1 aromatic carbocycles. The quantitative estimate of drug-likeness (QED) is 0.703. The number of pyridine rings is 1. The van der Waals surface area contributed by atoms with Crippen LogP contribution in [0.1, 0.15) is 21.6 Å². The molecular weight excluding hydrogens is 336 g/mol. The Morgan fingerprint density at radius 3 is 2.26 bits per heavy atom. The second-order valence-corrected chi connectivity index (χ2v) is 6.93. The summed E-state index contributed by atoms with van der Waals surface area (Å²) < 4.78 is 2.04. The van der Waals surface area contributed by atoms with Crippen LogP contribution >= 0.6 is 0 Å². The molecule has 0 spiro atoms. The first-order chi connectivity index (χ1) is 13.3. The molecule has 2 aromatic heterocycles. The van der Waals surface area contributed by atoms with Gasteiger partial charge in [0.2, 0.25) is 0 Å². The van der Waals surface area contributed by atoms with E-state index < -0.39 is 0 Å². The lowest BCUT2D eigenvalue weighted by molar-refractivity contribution is 0.0618. The molecule has 0 unspecified atom stereocenters. The van der Waals surface area contributed by atoms with Crippen molar-refractivity contribution in [1.29, 1.82) is 0 Å². The van der Waals surface area contributed by atoms with Crippen molar-refractivity contribution < 1.29 is 4.79 Å². The fourth-order valence-corrected chi connectivity index (χ4v) is 3.54. The van der Waals surface area contributed by atoms with E-state index in [2.05, 4.69) is 22.0 Å². The molecule has 0 atom stereocenters.